The van der Waals surface area contributed by atoms with Crippen molar-refractivity contribution < 1.29 is 9.47 Å². The lowest BCUT2D eigenvalue weighted by Gasteiger charge is -2.19. The molecule has 0 bridgehead atoms. The van der Waals surface area contributed by atoms with Gasteiger partial charge in [-0.05, 0) is 25.1 Å². The second-order valence-corrected chi connectivity index (χ2v) is 5.89. The van der Waals surface area contributed by atoms with Crippen molar-refractivity contribution in [1.82, 2.24) is 15.5 Å². The number of ether oxygens (including phenoxy) is 2. The SMILES string of the molecule is CCCNCCc1nnc(-c2cccc3c2OCCO3)s1. The van der Waals surface area contributed by atoms with E-state index in [4.69, 9.17) is 9.47 Å². The first-order valence-electron chi connectivity index (χ1n) is 7.30. The normalized spacial score (nSPS) is 13.4. The summed E-state index contributed by atoms with van der Waals surface area (Å²) in [6.45, 7) is 5.33. The third kappa shape index (κ3) is 3.33. The minimum atomic E-state index is 0.580. The van der Waals surface area contributed by atoms with E-state index in [1.807, 2.05) is 18.2 Å². The fourth-order valence-electron chi connectivity index (χ4n) is 2.20. The Bertz CT molecular complexity index is 600. The van der Waals surface area contributed by atoms with Crippen molar-refractivity contribution in [2.75, 3.05) is 26.3 Å². The smallest absolute Gasteiger partial charge is 0.171 e. The van der Waals surface area contributed by atoms with Crippen LogP contribution in [0.3, 0.4) is 0 Å². The Hall–Kier alpha value is -1.66. The number of hydrogen-bond acceptors (Lipinski definition) is 6. The van der Waals surface area contributed by atoms with Crippen LogP contribution in [0.15, 0.2) is 18.2 Å². The van der Waals surface area contributed by atoms with E-state index in [1.54, 1.807) is 11.3 Å². The number of para-hydroxylation sites is 1. The van der Waals surface area contributed by atoms with E-state index < -0.39 is 0 Å². The summed E-state index contributed by atoms with van der Waals surface area (Å²) < 4.78 is 11.3. The fraction of sp³-hybridized carbons (Fsp3) is 0.467. The molecule has 6 heteroatoms. The zero-order valence-electron chi connectivity index (χ0n) is 12.1. The summed E-state index contributed by atoms with van der Waals surface area (Å²) in [6, 6.07) is 5.90. The highest BCUT2D eigenvalue weighted by Crippen LogP contribution is 2.40. The molecule has 1 aromatic carbocycles. The largest absolute Gasteiger partial charge is 0.486 e. The standard InChI is InChI=1S/C15H19N3O2S/c1-2-7-16-8-6-13-17-18-15(21-13)11-4-3-5-12-14(11)20-10-9-19-12/h3-5,16H,2,6-10H2,1H3. The molecule has 0 aliphatic carbocycles. The summed E-state index contributed by atoms with van der Waals surface area (Å²) >= 11 is 1.62. The average Bonchev–Trinajstić information content (AvgIpc) is 3.00. The van der Waals surface area contributed by atoms with Crippen LogP contribution < -0.4 is 14.8 Å². The lowest BCUT2D eigenvalue weighted by atomic mass is 10.2. The lowest BCUT2D eigenvalue weighted by molar-refractivity contribution is 0.172. The highest BCUT2D eigenvalue weighted by Gasteiger charge is 2.19. The molecule has 21 heavy (non-hydrogen) atoms. The molecular formula is C15H19N3O2S. The summed E-state index contributed by atoms with van der Waals surface area (Å²) in [5.74, 6) is 1.58. The molecule has 0 spiro atoms. The molecule has 5 nitrogen and oxygen atoms in total. The Morgan fingerprint density at radius 2 is 2.10 bits per heavy atom. The molecule has 0 saturated heterocycles. The Morgan fingerprint density at radius 3 is 3.00 bits per heavy atom. The molecular weight excluding hydrogens is 286 g/mol. The minimum Gasteiger partial charge on any atom is -0.486 e. The number of aromatic nitrogens is 2. The maximum Gasteiger partial charge on any atom is 0.171 e. The van der Waals surface area contributed by atoms with Crippen molar-refractivity contribution in [1.29, 1.82) is 0 Å². The van der Waals surface area contributed by atoms with E-state index in [0.29, 0.717) is 13.2 Å². The van der Waals surface area contributed by atoms with Crippen LogP contribution in [-0.4, -0.2) is 36.5 Å². The van der Waals surface area contributed by atoms with Crippen LogP contribution >= 0.6 is 11.3 Å². The van der Waals surface area contributed by atoms with E-state index in [0.717, 1.165) is 53.0 Å². The molecule has 1 aliphatic heterocycles. The molecule has 3 rings (SSSR count). The number of hydrogen-bond donors (Lipinski definition) is 1. The molecule has 1 N–H and O–H groups in total. The van der Waals surface area contributed by atoms with Crippen molar-refractivity contribution in [3.05, 3.63) is 23.2 Å². The third-order valence-corrected chi connectivity index (χ3v) is 4.22. The predicted molar refractivity (Wildman–Crippen MR) is 83.2 cm³/mol. The highest BCUT2D eigenvalue weighted by molar-refractivity contribution is 7.14. The zero-order chi connectivity index (χ0) is 14.5. The van der Waals surface area contributed by atoms with Gasteiger partial charge in [-0.1, -0.05) is 24.3 Å². The molecule has 1 aliphatic rings. The van der Waals surface area contributed by atoms with Gasteiger partial charge in [0, 0.05) is 13.0 Å². The van der Waals surface area contributed by atoms with Crippen molar-refractivity contribution >= 4 is 11.3 Å². The monoisotopic (exact) mass is 305 g/mol. The second kappa shape index (κ2) is 6.87. The van der Waals surface area contributed by atoms with Crippen LogP contribution in [0.4, 0.5) is 0 Å². The maximum atomic E-state index is 5.73. The molecule has 1 aromatic heterocycles. The van der Waals surface area contributed by atoms with Crippen LogP contribution in [0.25, 0.3) is 10.6 Å². The molecule has 0 saturated carbocycles. The van der Waals surface area contributed by atoms with Crippen LogP contribution in [0, 0.1) is 0 Å². The van der Waals surface area contributed by atoms with Gasteiger partial charge in [-0.15, -0.1) is 10.2 Å². The Kier molecular flexibility index (Phi) is 4.67. The van der Waals surface area contributed by atoms with Gasteiger partial charge in [0.05, 0.1) is 5.56 Å². The van der Waals surface area contributed by atoms with Crippen molar-refractivity contribution in [3.8, 4) is 22.1 Å². The van der Waals surface area contributed by atoms with Gasteiger partial charge >= 0.3 is 0 Å². The number of benzene rings is 1. The van der Waals surface area contributed by atoms with Gasteiger partial charge in [0.15, 0.2) is 16.5 Å². The first-order chi connectivity index (χ1) is 10.4. The first kappa shape index (κ1) is 14.3. The number of nitrogens with one attached hydrogen (secondary N) is 1. The van der Waals surface area contributed by atoms with Crippen LogP contribution in [0.1, 0.15) is 18.4 Å². The molecule has 0 fully saturated rings. The number of fused-ring (bicyclic) bond motifs is 1. The van der Waals surface area contributed by atoms with Crippen LogP contribution in [0.5, 0.6) is 11.5 Å². The van der Waals surface area contributed by atoms with E-state index in [9.17, 15) is 0 Å². The lowest BCUT2D eigenvalue weighted by Crippen LogP contribution is -2.17. The van der Waals surface area contributed by atoms with E-state index in [-0.39, 0.29) is 0 Å². The molecule has 0 amide bonds. The van der Waals surface area contributed by atoms with Gasteiger partial charge in [-0.2, -0.15) is 0 Å². The maximum absolute atomic E-state index is 5.73. The molecule has 0 unspecified atom stereocenters. The van der Waals surface area contributed by atoms with Gasteiger partial charge in [-0.25, -0.2) is 0 Å². The van der Waals surface area contributed by atoms with E-state index >= 15 is 0 Å². The summed E-state index contributed by atoms with van der Waals surface area (Å²) in [4.78, 5) is 0. The quantitative estimate of drug-likeness (QED) is 0.831. The zero-order valence-corrected chi connectivity index (χ0v) is 12.9. The van der Waals surface area contributed by atoms with Crippen molar-refractivity contribution in [2.45, 2.75) is 19.8 Å². The first-order valence-corrected chi connectivity index (χ1v) is 8.12. The number of nitrogens with zero attached hydrogens (tertiary/aromatic N) is 2. The second-order valence-electron chi connectivity index (χ2n) is 4.83. The van der Waals surface area contributed by atoms with Crippen LogP contribution in [-0.2, 0) is 6.42 Å². The Balaban J connectivity index is 1.74. The fourth-order valence-corrected chi connectivity index (χ4v) is 3.06. The van der Waals surface area contributed by atoms with E-state index in [2.05, 4.69) is 22.4 Å². The van der Waals surface area contributed by atoms with E-state index in [1.165, 1.54) is 0 Å². The van der Waals surface area contributed by atoms with Gasteiger partial charge in [-0.3, -0.25) is 0 Å². The summed E-state index contributed by atoms with van der Waals surface area (Å²) in [5.41, 5.74) is 0.970. The average molecular weight is 305 g/mol. The molecule has 112 valence electrons. The summed E-state index contributed by atoms with van der Waals surface area (Å²) in [7, 11) is 0. The molecule has 2 heterocycles. The molecule has 2 aromatic rings. The van der Waals surface area contributed by atoms with Gasteiger partial charge in [0.25, 0.3) is 0 Å². The molecule has 0 atom stereocenters. The number of rotatable bonds is 6. The van der Waals surface area contributed by atoms with Gasteiger partial charge in [0.2, 0.25) is 0 Å². The van der Waals surface area contributed by atoms with Crippen LogP contribution in [0.2, 0.25) is 0 Å². The van der Waals surface area contributed by atoms with Gasteiger partial charge < -0.3 is 14.8 Å². The topological polar surface area (TPSA) is 56.3 Å². The summed E-state index contributed by atoms with van der Waals surface area (Å²) in [6.07, 6.45) is 2.05. The van der Waals surface area contributed by atoms with Crippen molar-refractivity contribution in [2.24, 2.45) is 0 Å². The van der Waals surface area contributed by atoms with Crippen molar-refractivity contribution in [3.63, 3.8) is 0 Å². The highest BCUT2D eigenvalue weighted by atomic mass is 32.1. The minimum absolute atomic E-state index is 0.580. The molecule has 0 radical (unpaired) electrons. The van der Waals surface area contributed by atoms with Gasteiger partial charge in [0.1, 0.15) is 18.2 Å². The predicted octanol–water partition coefficient (Wildman–Crippen LogP) is 2.52. The Morgan fingerprint density at radius 1 is 1.19 bits per heavy atom. The Labute approximate surface area is 128 Å². The summed E-state index contributed by atoms with van der Waals surface area (Å²) in [5, 5.41) is 13.9. The third-order valence-electron chi connectivity index (χ3n) is 3.21.